The van der Waals surface area contributed by atoms with Gasteiger partial charge in [-0.3, -0.25) is 14.7 Å². The molecule has 144 valence electrons. The zero-order valence-electron chi connectivity index (χ0n) is 15.7. The molecule has 2 atom stereocenters. The number of rotatable bonds is 3. The average Bonchev–Trinajstić information content (AvgIpc) is 2.62. The summed E-state index contributed by atoms with van der Waals surface area (Å²) in [5.74, 6) is 0.653. The first-order valence-corrected chi connectivity index (χ1v) is 9.85. The topological polar surface area (TPSA) is 61.5 Å². The lowest BCUT2D eigenvalue weighted by Crippen LogP contribution is -2.47. The van der Waals surface area contributed by atoms with E-state index in [1.54, 1.807) is 0 Å². The van der Waals surface area contributed by atoms with Crippen LogP contribution in [0.3, 0.4) is 0 Å². The minimum absolute atomic E-state index is 0.0146. The maximum absolute atomic E-state index is 12.6. The highest BCUT2D eigenvalue weighted by atomic mass is 35.5. The maximum Gasteiger partial charge on any atom is 0.255 e. The van der Waals surface area contributed by atoms with Gasteiger partial charge in [-0.05, 0) is 31.9 Å². The molecule has 27 heavy (non-hydrogen) atoms. The van der Waals surface area contributed by atoms with Crippen molar-refractivity contribution in [1.29, 1.82) is 0 Å². The highest BCUT2D eigenvalue weighted by molar-refractivity contribution is 6.31. The van der Waals surface area contributed by atoms with Crippen LogP contribution in [-0.4, -0.2) is 46.7 Å². The van der Waals surface area contributed by atoms with Crippen LogP contribution in [0.25, 0.3) is 0 Å². The van der Waals surface area contributed by atoms with Gasteiger partial charge in [0.05, 0.1) is 17.9 Å². The molecule has 0 unspecified atom stereocenters. The first-order chi connectivity index (χ1) is 13.0. The van der Waals surface area contributed by atoms with Crippen molar-refractivity contribution in [3.63, 3.8) is 0 Å². The zero-order chi connectivity index (χ0) is 19.0. The predicted octanol–water partition coefficient (Wildman–Crippen LogP) is 2.60. The summed E-state index contributed by atoms with van der Waals surface area (Å²) in [6.45, 7) is 7.80. The molecular formula is C20H25ClN4O2. The number of benzene rings is 1. The standard InChI is InChI=1S/C20H25ClN4O2/c1-13-9-25(10-14(2)27-13)20-22-18-12-24(8-7-16(18)19(26)23-20)11-15-5-3-4-6-17(15)21/h3-6,13-14H,7-12H2,1-2H3,(H,22,23,26)/t13-,14+. The normalized spacial score (nSPS) is 23.3. The third-order valence-corrected chi connectivity index (χ3v) is 5.58. The molecule has 3 heterocycles. The van der Waals surface area contributed by atoms with Crippen LogP contribution in [0.5, 0.6) is 0 Å². The molecule has 0 radical (unpaired) electrons. The lowest BCUT2D eigenvalue weighted by molar-refractivity contribution is -0.00576. The molecule has 1 fully saturated rings. The minimum atomic E-state index is -0.0146. The SMILES string of the molecule is C[C@@H]1CN(c2nc3c(c(=O)[nH]2)CCN(Cc2ccccc2Cl)C3)C[C@H](C)O1. The highest BCUT2D eigenvalue weighted by Crippen LogP contribution is 2.23. The number of hydrogen-bond donors (Lipinski definition) is 1. The van der Waals surface area contributed by atoms with Crippen molar-refractivity contribution in [2.24, 2.45) is 0 Å². The van der Waals surface area contributed by atoms with Crippen molar-refractivity contribution in [2.75, 3.05) is 24.5 Å². The van der Waals surface area contributed by atoms with Crippen LogP contribution < -0.4 is 10.5 Å². The number of aromatic nitrogens is 2. The monoisotopic (exact) mass is 388 g/mol. The summed E-state index contributed by atoms with van der Waals surface area (Å²) in [4.78, 5) is 24.8. The van der Waals surface area contributed by atoms with Crippen LogP contribution in [0.2, 0.25) is 5.02 Å². The summed E-state index contributed by atoms with van der Waals surface area (Å²) in [7, 11) is 0. The molecule has 0 saturated carbocycles. The minimum Gasteiger partial charge on any atom is -0.372 e. The second-order valence-electron chi connectivity index (χ2n) is 7.53. The van der Waals surface area contributed by atoms with Gasteiger partial charge in [-0.15, -0.1) is 0 Å². The zero-order valence-corrected chi connectivity index (χ0v) is 16.5. The first kappa shape index (κ1) is 18.5. The summed E-state index contributed by atoms with van der Waals surface area (Å²) in [6.07, 6.45) is 0.941. The molecule has 1 aromatic heterocycles. The summed E-state index contributed by atoms with van der Waals surface area (Å²) in [5.41, 5.74) is 2.77. The van der Waals surface area contributed by atoms with Crippen molar-refractivity contribution < 1.29 is 4.74 Å². The third-order valence-electron chi connectivity index (χ3n) is 5.21. The summed E-state index contributed by atoms with van der Waals surface area (Å²) < 4.78 is 5.79. The Balaban J connectivity index is 1.56. The van der Waals surface area contributed by atoms with Crippen LogP contribution >= 0.6 is 11.6 Å². The number of ether oxygens (including phenoxy) is 1. The van der Waals surface area contributed by atoms with Crippen molar-refractivity contribution in [3.05, 3.63) is 56.5 Å². The Kier molecular flexibility index (Phi) is 5.21. The summed E-state index contributed by atoms with van der Waals surface area (Å²) >= 11 is 6.31. The molecule has 6 nitrogen and oxygen atoms in total. The molecule has 2 aliphatic rings. The van der Waals surface area contributed by atoms with Crippen LogP contribution in [0, 0.1) is 0 Å². The van der Waals surface area contributed by atoms with Crippen molar-refractivity contribution in [1.82, 2.24) is 14.9 Å². The largest absolute Gasteiger partial charge is 0.372 e. The number of anilines is 1. The highest BCUT2D eigenvalue weighted by Gasteiger charge is 2.27. The van der Waals surface area contributed by atoms with Crippen LogP contribution in [0.1, 0.15) is 30.7 Å². The first-order valence-electron chi connectivity index (χ1n) is 9.48. The van der Waals surface area contributed by atoms with Gasteiger partial charge in [-0.2, -0.15) is 0 Å². The van der Waals surface area contributed by atoms with Gasteiger partial charge in [0.15, 0.2) is 0 Å². The van der Waals surface area contributed by atoms with Gasteiger partial charge in [0.2, 0.25) is 5.95 Å². The molecule has 1 N–H and O–H groups in total. The Morgan fingerprint density at radius 1 is 1.26 bits per heavy atom. The smallest absolute Gasteiger partial charge is 0.255 e. The van der Waals surface area contributed by atoms with E-state index in [1.807, 2.05) is 38.1 Å². The van der Waals surface area contributed by atoms with Crippen molar-refractivity contribution in [2.45, 2.75) is 45.6 Å². The van der Waals surface area contributed by atoms with E-state index in [0.717, 1.165) is 48.0 Å². The molecular weight excluding hydrogens is 364 g/mol. The summed E-state index contributed by atoms with van der Waals surface area (Å²) in [5, 5.41) is 0.777. The van der Waals surface area contributed by atoms with Gasteiger partial charge in [-0.25, -0.2) is 4.98 Å². The van der Waals surface area contributed by atoms with Crippen LogP contribution in [0.15, 0.2) is 29.1 Å². The Morgan fingerprint density at radius 2 is 2.00 bits per heavy atom. The Morgan fingerprint density at radius 3 is 2.74 bits per heavy atom. The van der Waals surface area contributed by atoms with Crippen molar-refractivity contribution in [3.8, 4) is 0 Å². The fraction of sp³-hybridized carbons (Fsp3) is 0.500. The second-order valence-corrected chi connectivity index (χ2v) is 7.94. The average molecular weight is 389 g/mol. The Bertz CT molecular complexity index is 875. The number of aromatic amines is 1. The van der Waals surface area contributed by atoms with Gasteiger partial charge in [-0.1, -0.05) is 29.8 Å². The van der Waals surface area contributed by atoms with E-state index in [1.165, 1.54) is 0 Å². The quantitative estimate of drug-likeness (QED) is 0.875. The maximum atomic E-state index is 12.6. The molecule has 1 saturated heterocycles. The number of H-pyrrole nitrogens is 1. The van der Waals surface area contributed by atoms with Gasteiger partial charge >= 0.3 is 0 Å². The summed E-state index contributed by atoms with van der Waals surface area (Å²) in [6, 6.07) is 7.90. The molecule has 0 amide bonds. The van der Waals surface area contributed by atoms with Gasteiger partial charge < -0.3 is 9.64 Å². The third kappa shape index (κ3) is 4.03. The van der Waals surface area contributed by atoms with E-state index < -0.39 is 0 Å². The molecule has 0 spiro atoms. The fourth-order valence-electron chi connectivity index (χ4n) is 3.98. The van der Waals surface area contributed by atoms with Crippen molar-refractivity contribution >= 4 is 17.5 Å². The van der Waals surface area contributed by atoms with E-state index in [2.05, 4.69) is 14.8 Å². The van der Waals surface area contributed by atoms with Gasteiger partial charge in [0.1, 0.15) is 0 Å². The molecule has 0 aliphatic carbocycles. The van der Waals surface area contributed by atoms with Gasteiger partial charge in [0.25, 0.3) is 5.56 Å². The molecule has 2 aromatic rings. The molecule has 2 aliphatic heterocycles. The molecule has 4 rings (SSSR count). The van der Waals surface area contributed by atoms with Crippen LogP contribution in [-0.2, 0) is 24.2 Å². The number of nitrogens with zero attached hydrogens (tertiary/aromatic N) is 3. The van der Waals surface area contributed by atoms with E-state index >= 15 is 0 Å². The van der Waals surface area contributed by atoms with E-state index in [0.29, 0.717) is 18.9 Å². The number of hydrogen-bond acceptors (Lipinski definition) is 5. The number of morpholine rings is 1. The van der Waals surface area contributed by atoms with E-state index in [-0.39, 0.29) is 17.8 Å². The molecule has 1 aromatic carbocycles. The predicted molar refractivity (Wildman–Crippen MR) is 106 cm³/mol. The van der Waals surface area contributed by atoms with E-state index in [9.17, 15) is 4.79 Å². The van der Waals surface area contributed by atoms with E-state index in [4.69, 9.17) is 21.3 Å². The number of nitrogens with one attached hydrogen (secondary N) is 1. The second kappa shape index (κ2) is 7.62. The molecule has 0 bridgehead atoms. The fourth-order valence-corrected chi connectivity index (χ4v) is 4.18. The lowest BCUT2D eigenvalue weighted by Gasteiger charge is -2.36. The number of halogens is 1. The van der Waals surface area contributed by atoms with Crippen LogP contribution in [0.4, 0.5) is 5.95 Å². The lowest BCUT2D eigenvalue weighted by atomic mass is 10.1. The Labute approximate surface area is 164 Å². The van der Waals surface area contributed by atoms with Gasteiger partial charge in [0, 0.05) is 43.3 Å². The number of fused-ring (bicyclic) bond motifs is 1. The molecule has 7 heteroatoms. The Hall–Kier alpha value is -1.89.